The lowest BCUT2D eigenvalue weighted by molar-refractivity contribution is 0.0954. The van der Waals surface area contributed by atoms with E-state index in [1.54, 1.807) is 25.2 Å². The summed E-state index contributed by atoms with van der Waals surface area (Å²) in [5.74, 6) is 0.493. The van der Waals surface area contributed by atoms with E-state index in [-0.39, 0.29) is 36.0 Å². The molecule has 0 radical (unpaired) electrons. The van der Waals surface area contributed by atoms with Gasteiger partial charge in [0.1, 0.15) is 0 Å². The number of carbonyl (C=O) groups excluding carboxylic acids is 1. The molecule has 1 unspecified atom stereocenters. The van der Waals surface area contributed by atoms with Gasteiger partial charge in [0.05, 0.1) is 16.1 Å². The van der Waals surface area contributed by atoms with Crippen molar-refractivity contribution in [3.63, 3.8) is 0 Å². The zero-order valence-electron chi connectivity index (χ0n) is 14.0. The molecule has 0 aliphatic carbocycles. The van der Waals surface area contributed by atoms with Crippen LogP contribution >= 0.6 is 47.2 Å². The highest BCUT2D eigenvalue weighted by Crippen LogP contribution is 2.22. The summed E-state index contributed by atoms with van der Waals surface area (Å²) < 4.78 is 5.55. The lowest BCUT2D eigenvalue weighted by Crippen LogP contribution is -2.43. The van der Waals surface area contributed by atoms with E-state index in [0.717, 1.165) is 26.0 Å². The Balaban J connectivity index is 0.00000312. The number of rotatable bonds is 6. The first-order valence-corrected chi connectivity index (χ1v) is 8.65. The van der Waals surface area contributed by atoms with E-state index in [1.165, 1.54) is 0 Å². The Hall–Kier alpha value is -0.770. The first-order chi connectivity index (χ1) is 11.6. The minimum Gasteiger partial charge on any atom is -0.376 e. The number of carbonyl (C=O) groups is 1. The van der Waals surface area contributed by atoms with Gasteiger partial charge in [0.2, 0.25) is 0 Å². The van der Waals surface area contributed by atoms with E-state index in [4.69, 9.17) is 27.9 Å². The zero-order valence-corrected chi connectivity index (χ0v) is 17.8. The molecule has 1 saturated heterocycles. The standard InChI is InChI=1S/C16H22Cl2N4O2.HI/c1-19-16(22-10-12-3-2-8-24-12)21-7-6-20-15(23)11-4-5-13(17)14(18)9-11;/h4-5,9,12H,2-3,6-8,10H2,1H3,(H,20,23)(H2,19,21,22);1H. The van der Waals surface area contributed by atoms with E-state index in [9.17, 15) is 4.79 Å². The summed E-state index contributed by atoms with van der Waals surface area (Å²) in [5.41, 5.74) is 0.477. The monoisotopic (exact) mass is 500 g/mol. The maximum atomic E-state index is 12.0. The van der Waals surface area contributed by atoms with Gasteiger partial charge in [-0.05, 0) is 31.0 Å². The van der Waals surface area contributed by atoms with Crippen LogP contribution in [0.5, 0.6) is 0 Å². The van der Waals surface area contributed by atoms with Gasteiger partial charge in [-0.25, -0.2) is 0 Å². The highest BCUT2D eigenvalue weighted by atomic mass is 127. The molecular formula is C16H23Cl2IN4O2. The molecule has 2 rings (SSSR count). The van der Waals surface area contributed by atoms with Crippen LogP contribution in [0.25, 0.3) is 0 Å². The van der Waals surface area contributed by atoms with E-state index in [1.807, 2.05) is 0 Å². The van der Waals surface area contributed by atoms with E-state index in [0.29, 0.717) is 34.7 Å². The summed E-state index contributed by atoms with van der Waals surface area (Å²) in [6.07, 6.45) is 2.43. The van der Waals surface area contributed by atoms with Gasteiger partial charge in [0, 0.05) is 38.9 Å². The van der Waals surface area contributed by atoms with Crippen molar-refractivity contribution in [1.29, 1.82) is 0 Å². The molecular weight excluding hydrogens is 478 g/mol. The largest absolute Gasteiger partial charge is 0.376 e. The third-order valence-corrected chi connectivity index (χ3v) is 4.37. The topological polar surface area (TPSA) is 74.8 Å². The molecule has 1 fully saturated rings. The smallest absolute Gasteiger partial charge is 0.251 e. The molecule has 1 amide bonds. The number of nitrogens with zero attached hydrogens (tertiary/aromatic N) is 1. The van der Waals surface area contributed by atoms with Crippen LogP contribution in [-0.2, 0) is 4.74 Å². The van der Waals surface area contributed by atoms with Crippen LogP contribution in [-0.4, -0.2) is 51.3 Å². The SMILES string of the molecule is CN=C(NCCNC(=O)c1ccc(Cl)c(Cl)c1)NCC1CCCO1.I. The quantitative estimate of drug-likeness (QED) is 0.243. The van der Waals surface area contributed by atoms with Crippen LogP contribution in [0.1, 0.15) is 23.2 Å². The van der Waals surface area contributed by atoms with Gasteiger partial charge >= 0.3 is 0 Å². The molecule has 9 heteroatoms. The molecule has 25 heavy (non-hydrogen) atoms. The van der Waals surface area contributed by atoms with Crippen molar-refractivity contribution in [2.24, 2.45) is 4.99 Å². The molecule has 3 N–H and O–H groups in total. The molecule has 0 bridgehead atoms. The Labute approximate surface area is 175 Å². The highest BCUT2D eigenvalue weighted by Gasteiger charge is 2.15. The average molecular weight is 501 g/mol. The van der Waals surface area contributed by atoms with E-state index >= 15 is 0 Å². The first-order valence-electron chi connectivity index (χ1n) is 7.89. The third kappa shape index (κ3) is 7.55. The molecule has 1 heterocycles. The van der Waals surface area contributed by atoms with Gasteiger partial charge in [-0.3, -0.25) is 9.79 Å². The van der Waals surface area contributed by atoms with Crippen molar-refractivity contribution in [2.45, 2.75) is 18.9 Å². The van der Waals surface area contributed by atoms with Crippen LogP contribution < -0.4 is 16.0 Å². The molecule has 0 aromatic heterocycles. The van der Waals surface area contributed by atoms with Crippen molar-refractivity contribution >= 4 is 59.0 Å². The Morgan fingerprint density at radius 3 is 2.64 bits per heavy atom. The minimum atomic E-state index is -0.197. The average Bonchev–Trinajstić information content (AvgIpc) is 3.10. The number of ether oxygens (including phenoxy) is 1. The van der Waals surface area contributed by atoms with Gasteiger partial charge in [-0.1, -0.05) is 23.2 Å². The molecule has 0 saturated carbocycles. The number of guanidine groups is 1. The van der Waals surface area contributed by atoms with Crippen molar-refractivity contribution in [3.05, 3.63) is 33.8 Å². The van der Waals surface area contributed by atoms with E-state index in [2.05, 4.69) is 20.9 Å². The summed E-state index contributed by atoms with van der Waals surface area (Å²) in [5, 5.41) is 9.96. The molecule has 0 spiro atoms. The van der Waals surface area contributed by atoms with Crippen molar-refractivity contribution in [2.75, 3.05) is 33.3 Å². The van der Waals surface area contributed by atoms with Crippen LogP contribution in [0.15, 0.2) is 23.2 Å². The maximum absolute atomic E-state index is 12.0. The summed E-state index contributed by atoms with van der Waals surface area (Å²) in [6.45, 7) is 2.58. The predicted octanol–water partition coefficient (Wildman–Crippen LogP) is 2.69. The van der Waals surface area contributed by atoms with Gasteiger partial charge in [0.25, 0.3) is 5.91 Å². The number of aliphatic imine (C=N–C) groups is 1. The lowest BCUT2D eigenvalue weighted by Gasteiger charge is -2.15. The summed E-state index contributed by atoms with van der Waals surface area (Å²) in [6, 6.07) is 4.79. The number of hydrogen-bond donors (Lipinski definition) is 3. The second-order valence-corrected chi connectivity index (χ2v) is 6.21. The van der Waals surface area contributed by atoms with Gasteiger partial charge in [-0.2, -0.15) is 0 Å². The third-order valence-electron chi connectivity index (χ3n) is 3.63. The normalized spacial score (nSPS) is 16.9. The predicted molar refractivity (Wildman–Crippen MR) is 113 cm³/mol. The van der Waals surface area contributed by atoms with Gasteiger partial charge in [-0.15, -0.1) is 24.0 Å². The van der Waals surface area contributed by atoms with Gasteiger partial charge < -0.3 is 20.7 Å². The lowest BCUT2D eigenvalue weighted by atomic mass is 10.2. The minimum absolute atomic E-state index is 0. The fourth-order valence-electron chi connectivity index (χ4n) is 2.33. The summed E-state index contributed by atoms with van der Waals surface area (Å²) in [4.78, 5) is 16.2. The summed E-state index contributed by atoms with van der Waals surface area (Å²) >= 11 is 11.7. The zero-order chi connectivity index (χ0) is 17.4. The van der Waals surface area contributed by atoms with E-state index < -0.39 is 0 Å². The molecule has 140 valence electrons. The van der Waals surface area contributed by atoms with Crippen molar-refractivity contribution in [3.8, 4) is 0 Å². The van der Waals surface area contributed by atoms with Crippen LogP contribution in [0.2, 0.25) is 10.0 Å². The Bertz CT molecular complexity index is 595. The van der Waals surface area contributed by atoms with Crippen molar-refractivity contribution < 1.29 is 9.53 Å². The Morgan fingerprint density at radius 1 is 1.24 bits per heavy atom. The van der Waals surface area contributed by atoms with Crippen molar-refractivity contribution in [1.82, 2.24) is 16.0 Å². The van der Waals surface area contributed by atoms with Crippen LogP contribution in [0, 0.1) is 0 Å². The number of hydrogen-bond acceptors (Lipinski definition) is 3. The Morgan fingerprint density at radius 2 is 2.00 bits per heavy atom. The molecule has 6 nitrogen and oxygen atoms in total. The number of halogens is 3. The number of benzene rings is 1. The fraction of sp³-hybridized carbons (Fsp3) is 0.500. The number of nitrogens with one attached hydrogen (secondary N) is 3. The van der Waals surface area contributed by atoms with Gasteiger partial charge in [0.15, 0.2) is 5.96 Å². The molecule has 1 aromatic rings. The fourth-order valence-corrected chi connectivity index (χ4v) is 2.63. The maximum Gasteiger partial charge on any atom is 0.251 e. The first kappa shape index (κ1) is 22.3. The number of amides is 1. The molecule has 1 atom stereocenters. The van der Waals surface area contributed by atoms with Crippen LogP contribution in [0.3, 0.4) is 0 Å². The second kappa shape index (κ2) is 11.8. The highest BCUT2D eigenvalue weighted by molar-refractivity contribution is 14.0. The molecule has 1 aromatic carbocycles. The molecule has 1 aliphatic rings. The summed E-state index contributed by atoms with van der Waals surface area (Å²) in [7, 11) is 1.71. The van der Waals surface area contributed by atoms with Crippen LogP contribution in [0.4, 0.5) is 0 Å². The second-order valence-electron chi connectivity index (χ2n) is 5.40. The molecule has 1 aliphatic heterocycles. The Kier molecular flexibility index (Phi) is 10.5.